The van der Waals surface area contributed by atoms with Crippen molar-refractivity contribution in [1.29, 1.82) is 0 Å². The first-order chi connectivity index (χ1) is 8.86. The number of hydrogen-bond acceptors (Lipinski definition) is 4. The van der Waals surface area contributed by atoms with Crippen LogP contribution in [-0.2, 0) is 11.3 Å². The molecule has 2 heterocycles. The molecule has 1 unspecified atom stereocenters. The van der Waals surface area contributed by atoms with E-state index >= 15 is 0 Å². The van der Waals surface area contributed by atoms with E-state index in [1.165, 1.54) is 32.4 Å². The topological polar surface area (TPSA) is 42.3 Å². The molecular formula is C13H22N4O. The van der Waals surface area contributed by atoms with Crippen LogP contribution in [0.5, 0.6) is 0 Å². The standard InChI is InChI=1S/C13H22N4O/c1-18-9-8-16-7-5-14-13(16)15-11-4-6-17(10-11)12-2-3-12/h5,7,11-12H,2-4,6,8-10H2,1H3,(H,14,15). The van der Waals surface area contributed by atoms with E-state index in [0.29, 0.717) is 6.04 Å². The summed E-state index contributed by atoms with van der Waals surface area (Å²) < 4.78 is 7.24. The van der Waals surface area contributed by atoms with E-state index in [1.807, 2.05) is 12.4 Å². The van der Waals surface area contributed by atoms with Crippen LogP contribution in [0.25, 0.3) is 0 Å². The van der Waals surface area contributed by atoms with Crippen LogP contribution in [0.4, 0.5) is 5.95 Å². The van der Waals surface area contributed by atoms with Gasteiger partial charge in [0.05, 0.1) is 6.61 Å². The van der Waals surface area contributed by atoms with Crippen LogP contribution in [0.15, 0.2) is 12.4 Å². The number of likely N-dealkylation sites (tertiary alicyclic amines) is 1. The van der Waals surface area contributed by atoms with Crippen LogP contribution in [0.1, 0.15) is 19.3 Å². The van der Waals surface area contributed by atoms with Gasteiger partial charge < -0.3 is 14.6 Å². The Bertz CT molecular complexity index is 388. The van der Waals surface area contributed by atoms with Crippen molar-refractivity contribution in [2.45, 2.75) is 37.9 Å². The zero-order valence-corrected chi connectivity index (χ0v) is 11.0. The van der Waals surface area contributed by atoms with Gasteiger partial charge in [-0.05, 0) is 19.3 Å². The molecule has 100 valence electrons. The molecule has 1 aliphatic heterocycles. The van der Waals surface area contributed by atoms with Crippen molar-refractivity contribution >= 4 is 5.95 Å². The number of hydrogen-bond donors (Lipinski definition) is 1. The number of nitrogens with one attached hydrogen (secondary N) is 1. The van der Waals surface area contributed by atoms with Gasteiger partial charge in [-0.2, -0.15) is 0 Å². The Labute approximate surface area is 108 Å². The van der Waals surface area contributed by atoms with E-state index in [-0.39, 0.29) is 0 Å². The number of imidazole rings is 1. The third kappa shape index (κ3) is 2.67. The smallest absolute Gasteiger partial charge is 0.203 e. The Morgan fingerprint density at radius 1 is 1.44 bits per heavy atom. The maximum absolute atomic E-state index is 5.11. The molecule has 1 saturated carbocycles. The average molecular weight is 250 g/mol. The summed E-state index contributed by atoms with van der Waals surface area (Å²) in [5, 5.41) is 3.57. The van der Waals surface area contributed by atoms with Gasteiger partial charge in [0.15, 0.2) is 0 Å². The Morgan fingerprint density at radius 2 is 2.33 bits per heavy atom. The number of methoxy groups -OCH3 is 1. The summed E-state index contributed by atoms with van der Waals surface area (Å²) in [5.41, 5.74) is 0. The average Bonchev–Trinajstić information content (AvgIpc) is 2.97. The molecule has 3 rings (SSSR count). The summed E-state index contributed by atoms with van der Waals surface area (Å²) >= 11 is 0. The second kappa shape index (κ2) is 5.28. The SMILES string of the molecule is COCCn1ccnc1NC1CCN(C2CC2)C1. The number of aromatic nitrogens is 2. The van der Waals surface area contributed by atoms with E-state index in [4.69, 9.17) is 4.74 Å². The molecule has 1 saturated heterocycles. The number of rotatable bonds is 6. The van der Waals surface area contributed by atoms with Crippen molar-refractivity contribution in [2.24, 2.45) is 0 Å². The molecule has 0 bridgehead atoms. The van der Waals surface area contributed by atoms with Crippen LogP contribution in [0, 0.1) is 0 Å². The Hall–Kier alpha value is -1.07. The van der Waals surface area contributed by atoms with Gasteiger partial charge in [-0.3, -0.25) is 4.90 Å². The van der Waals surface area contributed by atoms with Crippen LogP contribution in [0.2, 0.25) is 0 Å². The molecule has 5 nitrogen and oxygen atoms in total. The van der Waals surface area contributed by atoms with Crippen molar-refractivity contribution in [1.82, 2.24) is 14.5 Å². The highest BCUT2D eigenvalue weighted by Gasteiger charge is 2.34. The maximum Gasteiger partial charge on any atom is 0.203 e. The first-order valence-corrected chi connectivity index (χ1v) is 6.87. The molecule has 0 amide bonds. The van der Waals surface area contributed by atoms with Crippen molar-refractivity contribution < 1.29 is 4.74 Å². The van der Waals surface area contributed by atoms with Crippen molar-refractivity contribution in [3.63, 3.8) is 0 Å². The molecular weight excluding hydrogens is 228 g/mol. The van der Waals surface area contributed by atoms with Crippen molar-refractivity contribution in [3.8, 4) is 0 Å². The maximum atomic E-state index is 5.11. The van der Waals surface area contributed by atoms with E-state index < -0.39 is 0 Å². The minimum absolute atomic E-state index is 0.550. The van der Waals surface area contributed by atoms with Gasteiger partial charge in [-0.25, -0.2) is 4.98 Å². The quantitative estimate of drug-likeness (QED) is 0.823. The third-order valence-electron chi connectivity index (χ3n) is 3.87. The number of anilines is 1. The summed E-state index contributed by atoms with van der Waals surface area (Å²) in [5.74, 6) is 0.981. The molecule has 0 spiro atoms. The highest BCUT2D eigenvalue weighted by atomic mass is 16.5. The predicted molar refractivity (Wildman–Crippen MR) is 70.7 cm³/mol. The lowest BCUT2D eigenvalue weighted by atomic mass is 10.3. The molecule has 1 atom stereocenters. The Kier molecular flexibility index (Phi) is 3.52. The van der Waals surface area contributed by atoms with E-state index in [9.17, 15) is 0 Å². The molecule has 1 N–H and O–H groups in total. The second-order valence-corrected chi connectivity index (χ2v) is 5.29. The van der Waals surface area contributed by atoms with Gasteiger partial charge in [0, 0.05) is 51.2 Å². The summed E-state index contributed by atoms with van der Waals surface area (Å²) in [6.07, 6.45) is 7.89. The van der Waals surface area contributed by atoms with Gasteiger partial charge in [0.1, 0.15) is 0 Å². The summed E-state index contributed by atoms with van der Waals surface area (Å²) in [7, 11) is 1.73. The molecule has 2 fully saturated rings. The molecule has 5 heteroatoms. The van der Waals surface area contributed by atoms with E-state index in [2.05, 4.69) is 19.8 Å². The van der Waals surface area contributed by atoms with E-state index in [1.54, 1.807) is 7.11 Å². The first kappa shape index (κ1) is 12.0. The fourth-order valence-electron chi connectivity index (χ4n) is 2.68. The molecule has 18 heavy (non-hydrogen) atoms. The normalized spacial score (nSPS) is 24.6. The van der Waals surface area contributed by atoms with Crippen molar-refractivity contribution in [3.05, 3.63) is 12.4 Å². The van der Waals surface area contributed by atoms with Crippen LogP contribution in [0.3, 0.4) is 0 Å². The second-order valence-electron chi connectivity index (χ2n) is 5.29. The van der Waals surface area contributed by atoms with Gasteiger partial charge in [0.2, 0.25) is 5.95 Å². The summed E-state index contributed by atoms with van der Waals surface area (Å²) in [6.45, 7) is 3.99. The fraction of sp³-hybridized carbons (Fsp3) is 0.769. The molecule has 1 aromatic heterocycles. The molecule has 0 aromatic carbocycles. The zero-order valence-electron chi connectivity index (χ0n) is 11.0. The third-order valence-corrected chi connectivity index (χ3v) is 3.87. The highest BCUT2D eigenvalue weighted by molar-refractivity contribution is 5.28. The van der Waals surface area contributed by atoms with Crippen LogP contribution >= 0.6 is 0 Å². The van der Waals surface area contributed by atoms with Crippen LogP contribution < -0.4 is 5.32 Å². The summed E-state index contributed by atoms with van der Waals surface area (Å²) in [4.78, 5) is 7.01. The molecule has 1 aliphatic carbocycles. The van der Waals surface area contributed by atoms with Gasteiger partial charge in [-0.1, -0.05) is 0 Å². The number of nitrogens with zero attached hydrogens (tertiary/aromatic N) is 3. The van der Waals surface area contributed by atoms with Crippen LogP contribution in [-0.4, -0.2) is 53.3 Å². The molecule has 1 aromatic rings. The van der Waals surface area contributed by atoms with E-state index in [0.717, 1.165) is 25.1 Å². The summed E-state index contributed by atoms with van der Waals surface area (Å²) in [6, 6.07) is 1.43. The monoisotopic (exact) mass is 250 g/mol. The Morgan fingerprint density at radius 3 is 3.11 bits per heavy atom. The predicted octanol–water partition coefficient (Wildman–Crippen LogP) is 1.18. The Balaban J connectivity index is 1.54. The van der Waals surface area contributed by atoms with Crippen molar-refractivity contribution in [2.75, 3.05) is 32.1 Å². The lowest BCUT2D eigenvalue weighted by Gasteiger charge is -2.17. The fourth-order valence-corrected chi connectivity index (χ4v) is 2.68. The largest absolute Gasteiger partial charge is 0.383 e. The molecule has 2 aliphatic rings. The lowest BCUT2D eigenvalue weighted by Crippen LogP contribution is -2.28. The first-order valence-electron chi connectivity index (χ1n) is 6.87. The van der Waals surface area contributed by atoms with Gasteiger partial charge >= 0.3 is 0 Å². The number of ether oxygens (including phenoxy) is 1. The minimum atomic E-state index is 0.550. The molecule has 0 radical (unpaired) electrons. The van der Waals surface area contributed by atoms with Gasteiger partial charge in [-0.15, -0.1) is 0 Å². The van der Waals surface area contributed by atoms with Gasteiger partial charge in [0.25, 0.3) is 0 Å². The zero-order chi connectivity index (χ0) is 12.4. The minimum Gasteiger partial charge on any atom is -0.383 e. The lowest BCUT2D eigenvalue weighted by molar-refractivity contribution is 0.187. The highest BCUT2D eigenvalue weighted by Crippen LogP contribution is 2.30.